The molecule has 1 aliphatic heterocycles. The quantitative estimate of drug-likeness (QED) is 0.832. The minimum absolute atomic E-state index is 0.294. The second-order valence-corrected chi connectivity index (χ2v) is 6.03. The van der Waals surface area contributed by atoms with Crippen molar-refractivity contribution in [2.24, 2.45) is 0 Å². The number of piperidine rings is 1. The Labute approximate surface area is 125 Å². The average molecular weight is 297 g/mol. The first-order valence-corrected chi connectivity index (χ1v) is 7.49. The highest BCUT2D eigenvalue weighted by molar-refractivity contribution is 6.33. The van der Waals surface area contributed by atoms with Crippen molar-refractivity contribution in [1.82, 2.24) is 4.90 Å². The molecule has 0 atom stereocenters. The van der Waals surface area contributed by atoms with E-state index in [9.17, 15) is 4.39 Å². The highest BCUT2D eigenvalue weighted by Crippen LogP contribution is 2.25. The lowest BCUT2D eigenvalue weighted by atomic mass is 10.0. The minimum atomic E-state index is -0.294. The fourth-order valence-corrected chi connectivity index (χ4v) is 2.62. The number of rotatable bonds is 4. The Hall–Kier alpha value is -1.06. The lowest BCUT2D eigenvalue weighted by Gasteiger charge is -2.32. The normalized spacial score (nSPS) is 17.0. The summed E-state index contributed by atoms with van der Waals surface area (Å²) in [6, 6.07) is 4.93. The van der Waals surface area contributed by atoms with Crippen LogP contribution in [0.2, 0.25) is 5.02 Å². The SMILES string of the molecule is CC(C)=CCN1CCC(Nc2ccc(F)cc2Cl)CC1. The molecule has 1 aromatic carbocycles. The number of anilines is 1. The first-order valence-electron chi connectivity index (χ1n) is 7.12. The topological polar surface area (TPSA) is 15.3 Å². The van der Waals surface area contributed by atoms with E-state index in [4.69, 9.17) is 11.6 Å². The third-order valence-electron chi connectivity index (χ3n) is 3.64. The van der Waals surface area contributed by atoms with Crippen LogP contribution in [0.25, 0.3) is 0 Å². The van der Waals surface area contributed by atoms with Crippen molar-refractivity contribution in [1.29, 1.82) is 0 Å². The van der Waals surface area contributed by atoms with Crippen LogP contribution in [0.5, 0.6) is 0 Å². The third-order valence-corrected chi connectivity index (χ3v) is 3.95. The maximum Gasteiger partial charge on any atom is 0.124 e. The van der Waals surface area contributed by atoms with E-state index in [1.807, 2.05) is 0 Å². The highest BCUT2D eigenvalue weighted by Gasteiger charge is 2.18. The Morgan fingerprint density at radius 3 is 2.70 bits per heavy atom. The molecule has 20 heavy (non-hydrogen) atoms. The van der Waals surface area contributed by atoms with Gasteiger partial charge in [0.05, 0.1) is 10.7 Å². The van der Waals surface area contributed by atoms with Crippen LogP contribution < -0.4 is 5.32 Å². The van der Waals surface area contributed by atoms with Gasteiger partial charge in [0.15, 0.2) is 0 Å². The zero-order chi connectivity index (χ0) is 14.5. The Kier molecular flexibility index (Phi) is 5.44. The van der Waals surface area contributed by atoms with Gasteiger partial charge >= 0.3 is 0 Å². The zero-order valence-corrected chi connectivity index (χ0v) is 12.9. The number of allylic oxidation sites excluding steroid dienone is 1. The van der Waals surface area contributed by atoms with Gasteiger partial charge in [-0.1, -0.05) is 23.3 Å². The Morgan fingerprint density at radius 1 is 1.40 bits per heavy atom. The summed E-state index contributed by atoms with van der Waals surface area (Å²) in [5.41, 5.74) is 2.19. The zero-order valence-electron chi connectivity index (χ0n) is 12.1. The van der Waals surface area contributed by atoms with Gasteiger partial charge in [0.1, 0.15) is 5.82 Å². The number of nitrogens with zero attached hydrogens (tertiary/aromatic N) is 1. The van der Waals surface area contributed by atoms with E-state index in [0.29, 0.717) is 11.1 Å². The van der Waals surface area contributed by atoms with E-state index in [-0.39, 0.29) is 5.82 Å². The molecule has 1 aromatic rings. The summed E-state index contributed by atoms with van der Waals surface area (Å²) in [7, 11) is 0. The lowest BCUT2D eigenvalue weighted by molar-refractivity contribution is 0.240. The maximum absolute atomic E-state index is 13.0. The smallest absolute Gasteiger partial charge is 0.124 e. The van der Waals surface area contributed by atoms with Gasteiger partial charge in [0.25, 0.3) is 0 Å². The van der Waals surface area contributed by atoms with Crippen LogP contribution in [-0.4, -0.2) is 30.6 Å². The molecule has 1 heterocycles. The summed E-state index contributed by atoms with van der Waals surface area (Å²) in [5.74, 6) is -0.294. The summed E-state index contributed by atoms with van der Waals surface area (Å²) in [6.07, 6.45) is 4.44. The van der Waals surface area contributed by atoms with Gasteiger partial charge in [0, 0.05) is 25.7 Å². The number of benzene rings is 1. The van der Waals surface area contributed by atoms with E-state index in [1.54, 1.807) is 6.07 Å². The predicted octanol–water partition coefficient (Wildman–Crippen LogP) is 4.32. The number of nitrogens with one attached hydrogen (secondary N) is 1. The molecule has 0 bridgehead atoms. The second-order valence-electron chi connectivity index (χ2n) is 5.62. The molecule has 2 nitrogen and oxygen atoms in total. The number of likely N-dealkylation sites (tertiary alicyclic amines) is 1. The minimum Gasteiger partial charge on any atom is -0.381 e. The monoisotopic (exact) mass is 296 g/mol. The Bertz CT molecular complexity index is 475. The number of hydrogen-bond donors (Lipinski definition) is 1. The van der Waals surface area contributed by atoms with Crippen LogP contribution in [0.4, 0.5) is 10.1 Å². The molecule has 0 aromatic heterocycles. The summed E-state index contributed by atoms with van der Waals surface area (Å²) >= 11 is 6.04. The standard InChI is InChI=1S/C16H22ClFN2/c1-12(2)5-8-20-9-6-14(7-10-20)19-16-4-3-13(18)11-15(16)17/h3-5,11,14,19H,6-10H2,1-2H3. The molecule has 1 aliphatic rings. The molecular weight excluding hydrogens is 275 g/mol. The van der Waals surface area contributed by atoms with Gasteiger partial charge in [-0.05, 0) is 44.9 Å². The van der Waals surface area contributed by atoms with Crippen molar-refractivity contribution in [2.75, 3.05) is 25.0 Å². The summed E-state index contributed by atoms with van der Waals surface area (Å²) in [4.78, 5) is 2.46. The first kappa shape index (κ1) is 15.3. The predicted molar refractivity (Wildman–Crippen MR) is 83.9 cm³/mol. The van der Waals surface area contributed by atoms with Crippen LogP contribution in [-0.2, 0) is 0 Å². The molecule has 1 saturated heterocycles. The van der Waals surface area contributed by atoms with E-state index in [0.717, 1.165) is 38.2 Å². The first-order chi connectivity index (χ1) is 9.54. The van der Waals surface area contributed by atoms with Gasteiger partial charge in [0.2, 0.25) is 0 Å². The summed E-state index contributed by atoms with van der Waals surface area (Å²) in [5, 5.41) is 3.88. The fraction of sp³-hybridized carbons (Fsp3) is 0.500. The highest BCUT2D eigenvalue weighted by atomic mass is 35.5. The average Bonchev–Trinajstić information content (AvgIpc) is 2.41. The van der Waals surface area contributed by atoms with E-state index < -0.39 is 0 Å². The van der Waals surface area contributed by atoms with Crippen LogP contribution in [0, 0.1) is 5.82 Å². The molecule has 1 N–H and O–H groups in total. The van der Waals surface area contributed by atoms with Crippen LogP contribution in [0.3, 0.4) is 0 Å². The van der Waals surface area contributed by atoms with Crippen molar-refractivity contribution >= 4 is 17.3 Å². The molecule has 4 heteroatoms. The molecule has 0 amide bonds. The van der Waals surface area contributed by atoms with Crippen molar-refractivity contribution in [2.45, 2.75) is 32.7 Å². The molecule has 1 fully saturated rings. The van der Waals surface area contributed by atoms with Crippen LogP contribution >= 0.6 is 11.6 Å². The van der Waals surface area contributed by atoms with Crippen molar-refractivity contribution < 1.29 is 4.39 Å². The Morgan fingerprint density at radius 2 is 2.10 bits per heavy atom. The van der Waals surface area contributed by atoms with Gasteiger partial charge in [-0.2, -0.15) is 0 Å². The van der Waals surface area contributed by atoms with E-state index >= 15 is 0 Å². The number of hydrogen-bond acceptors (Lipinski definition) is 2. The maximum atomic E-state index is 13.0. The van der Waals surface area contributed by atoms with Gasteiger partial charge in [-0.15, -0.1) is 0 Å². The summed E-state index contributed by atoms with van der Waals surface area (Å²) in [6.45, 7) is 7.46. The van der Waals surface area contributed by atoms with Crippen LogP contribution in [0.1, 0.15) is 26.7 Å². The molecule has 0 saturated carbocycles. The molecule has 0 aliphatic carbocycles. The van der Waals surface area contributed by atoms with E-state index in [2.05, 4.69) is 30.1 Å². The molecule has 2 rings (SSSR count). The third kappa shape index (κ3) is 4.50. The van der Waals surface area contributed by atoms with Crippen LogP contribution in [0.15, 0.2) is 29.8 Å². The molecule has 0 unspecified atom stereocenters. The second kappa shape index (κ2) is 7.09. The Balaban J connectivity index is 1.83. The number of halogens is 2. The summed E-state index contributed by atoms with van der Waals surface area (Å²) < 4.78 is 13.0. The lowest BCUT2D eigenvalue weighted by Crippen LogP contribution is -2.39. The largest absolute Gasteiger partial charge is 0.381 e. The van der Waals surface area contributed by atoms with Crippen molar-refractivity contribution in [3.8, 4) is 0 Å². The van der Waals surface area contributed by atoms with Crippen molar-refractivity contribution in [3.63, 3.8) is 0 Å². The molecular formula is C16H22ClFN2. The molecule has 110 valence electrons. The molecule has 0 spiro atoms. The van der Waals surface area contributed by atoms with E-state index in [1.165, 1.54) is 17.7 Å². The van der Waals surface area contributed by atoms with Crippen molar-refractivity contribution in [3.05, 3.63) is 40.7 Å². The van der Waals surface area contributed by atoms with Gasteiger partial charge in [-0.25, -0.2) is 4.39 Å². The van der Waals surface area contributed by atoms with Gasteiger partial charge in [-0.3, -0.25) is 4.90 Å². The van der Waals surface area contributed by atoms with Gasteiger partial charge < -0.3 is 5.32 Å². The molecule has 0 radical (unpaired) electrons. The fourth-order valence-electron chi connectivity index (χ4n) is 2.40.